The zero-order valence-electron chi connectivity index (χ0n) is 12.2. The van der Waals surface area contributed by atoms with E-state index in [0.717, 1.165) is 47.5 Å². The lowest BCUT2D eigenvalue weighted by Gasteiger charge is -2.05. The summed E-state index contributed by atoms with van der Waals surface area (Å²) in [5.74, 6) is -0.246. The standard InChI is InChI=1S/C16H10BrFN2S3/c1-7-3-12(21-6-7)13-10(18)5-9(14-15(13)20-23-19-14)11-4-8(2)16(17)22-11/h3-6H,1-2H3. The fraction of sp³-hybridized carbons (Fsp3) is 0.125. The summed E-state index contributed by atoms with van der Waals surface area (Å²) in [7, 11) is 0. The number of halogens is 2. The van der Waals surface area contributed by atoms with Crippen LogP contribution in [0.25, 0.3) is 31.9 Å². The van der Waals surface area contributed by atoms with Crippen LogP contribution >= 0.6 is 50.3 Å². The van der Waals surface area contributed by atoms with Gasteiger partial charge >= 0.3 is 0 Å². The van der Waals surface area contributed by atoms with E-state index in [9.17, 15) is 4.39 Å². The number of thiophene rings is 2. The summed E-state index contributed by atoms with van der Waals surface area (Å²) in [5, 5.41) is 2.02. The Kier molecular flexibility index (Phi) is 3.84. The lowest BCUT2D eigenvalue weighted by atomic mass is 10.0. The molecule has 0 fully saturated rings. The Bertz CT molecular complexity index is 1010. The van der Waals surface area contributed by atoms with E-state index in [1.807, 2.05) is 25.3 Å². The molecule has 0 saturated heterocycles. The average Bonchev–Trinajstić information content (AvgIpc) is 3.20. The second-order valence-electron chi connectivity index (χ2n) is 5.30. The monoisotopic (exact) mass is 424 g/mol. The van der Waals surface area contributed by atoms with Crippen LogP contribution in [0, 0.1) is 19.7 Å². The minimum atomic E-state index is -0.246. The molecule has 0 aliphatic rings. The predicted molar refractivity (Wildman–Crippen MR) is 101 cm³/mol. The molecular formula is C16H10BrFN2S3. The number of nitrogens with zero attached hydrogens (tertiary/aromatic N) is 2. The van der Waals surface area contributed by atoms with Crippen LogP contribution in [-0.2, 0) is 0 Å². The highest BCUT2D eigenvalue weighted by molar-refractivity contribution is 9.11. The first-order valence-electron chi connectivity index (χ1n) is 6.81. The van der Waals surface area contributed by atoms with E-state index < -0.39 is 0 Å². The molecule has 4 rings (SSSR count). The van der Waals surface area contributed by atoms with Gasteiger partial charge in [0.1, 0.15) is 16.9 Å². The van der Waals surface area contributed by atoms with E-state index in [0.29, 0.717) is 11.1 Å². The van der Waals surface area contributed by atoms with E-state index in [4.69, 9.17) is 0 Å². The van der Waals surface area contributed by atoms with Crippen molar-refractivity contribution in [3.8, 4) is 20.9 Å². The van der Waals surface area contributed by atoms with Gasteiger partial charge in [-0.3, -0.25) is 0 Å². The minimum Gasteiger partial charge on any atom is -0.206 e. The highest BCUT2D eigenvalue weighted by atomic mass is 79.9. The smallest absolute Gasteiger partial charge is 0.134 e. The second kappa shape index (κ2) is 5.73. The maximum atomic E-state index is 14.9. The van der Waals surface area contributed by atoms with Gasteiger partial charge in [0.05, 0.1) is 21.1 Å². The number of rotatable bonds is 2. The topological polar surface area (TPSA) is 25.8 Å². The van der Waals surface area contributed by atoms with Crippen LogP contribution in [0.15, 0.2) is 27.4 Å². The molecule has 0 radical (unpaired) electrons. The third-order valence-electron chi connectivity index (χ3n) is 3.59. The Morgan fingerprint density at radius 3 is 2.48 bits per heavy atom. The van der Waals surface area contributed by atoms with Gasteiger partial charge in [-0.05, 0) is 64.5 Å². The van der Waals surface area contributed by atoms with Crippen LogP contribution in [-0.4, -0.2) is 8.75 Å². The van der Waals surface area contributed by atoms with Crippen LogP contribution in [0.2, 0.25) is 0 Å². The summed E-state index contributed by atoms with van der Waals surface area (Å²) < 4.78 is 24.7. The van der Waals surface area contributed by atoms with Crippen molar-refractivity contribution in [1.29, 1.82) is 0 Å². The Balaban J connectivity index is 2.01. The van der Waals surface area contributed by atoms with Gasteiger partial charge in [0, 0.05) is 15.3 Å². The molecule has 0 saturated carbocycles. The summed E-state index contributed by atoms with van der Waals surface area (Å²) in [6, 6.07) is 5.64. The molecule has 0 bridgehead atoms. The van der Waals surface area contributed by atoms with Gasteiger partial charge in [-0.15, -0.1) is 22.7 Å². The van der Waals surface area contributed by atoms with Crippen molar-refractivity contribution < 1.29 is 4.39 Å². The van der Waals surface area contributed by atoms with Gasteiger partial charge in [-0.25, -0.2) is 4.39 Å². The van der Waals surface area contributed by atoms with Crippen molar-refractivity contribution in [3.63, 3.8) is 0 Å². The van der Waals surface area contributed by atoms with Crippen molar-refractivity contribution in [2.45, 2.75) is 13.8 Å². The molecule has 23 heavy (non-hydrogen) atoms. The zero-order chi connectivity index (χ0) is 16.1. The quantitative estimate of drug-likeness (QED) is 0.359. The van der Waals surface area contributed by atoms with E-state index in [1.165, 1.54) is 11.3 Å². The lowest BCUT2D eigenvalue weighted by molar-refractivity contribution is 0.633. The van der Waals surface area contributed by atoms with Gasteiger partial charge in [-0.2, -0.15) is 8.75 Å². The van der Waals surface area contributed by atoms with Gasteiger partial charge in [-0.1, -0.05) is 0 Å². The summed E-state index contributed by atoms with van der Waals surface area (Å²) >= 11 is 7.79. The molecule has 0 atom stereocenters. The third-order valence-corrected chi connectivity index (χ3v) is 7.35. The zero-order valence-corrected chi connectivity index (χ0v) is 16.2. The number of fused-ring (bicyclic) bond motifs is 1. The highest BCUT2D eigenvalue weighted by Gasteiger charge is 2.20. The Hall–Kier alpha value is -1.15. The predicted octanol–water partition coefficient (Wildman–Crippen LogP) is 6.67. The molecule has 0 aliphatic carbocycles. The summed E-state index contributed by atoms with van der Waals surface area (Å²) in [5.41, 5.74) is 5.05. The van der Waals surface area contributed by atoms with Crippen LogP contribution in [0.1, 0.15) is 11.1 Å². The molecule has 2 nitrogen and oxygen atoms in total. The van der Waals surface area contributed by atoms with Gasteiger partial charge in [0.25, 0.3) is 0 Å². The molecule has 7 heteroatoms. The Morgan fingerprint density at radius 1 is 1.04 bits per heavy atom. The molecule has 0 spiro atoms. The second-order valence-corrected chi connectivity index (χ2v) is 9.11. The van der Waals surface area contributed by atoms with E-state index in [2.05, 4.69) is 30.7 Å². The van der Waals surface area contributed by atoms with Crippen molar-refractivity contribution >= 4 is 61.4 Å². The molecule has 116 valence electrons. The molecule has 4 aromatic rings. The number of hydrogen-bond acceptors (Lipinski definition) is 5. The van der Waals surface area contributed by atoms with E-state index >= 15 is 0 Å². The lowest BCUT2D eigenvalue weighted by Crippen LogP contribution is -1.88. The van der Waals surface area contributed by atoms with Gasteiger partial charge in [0.15, 0.2) is 0 Å². The van der Waals surface area contributed by atoms with Crippen LogP contribution in [0.5, 0.6) is 0 Å². The van der Waals surface area contributed by atoms with Crippen molar-refractivity contribution in [1.82, 2.24) is 8.75 Å². The molecular weight excluding hydrogens is 415 g/mol. The molecule has 1 aromatic carbocycles. The first-order chi connectivity index (χ1) is 11.0. The van der Waals surface area contributed by atoms with Gasteiger partial charge < -0.3 is 0 Å². The fourth-order valence-electron chi connectivity index (χ4n) is 2.49. The summed E-state index contributed by atoms with van der Waals surface area (Å²) in [4.78, 5) is 1.90. The van der Waals surface area contributed by atoms with Crippen LogP contribution in [0.4, 0.5) is 4.39 Å². The third kappa shape index (κ3) is 2.55. The van der Waals surface area contributed by atoms with Crippen molar-refractivity contribution in [3.05, 3.63) is 44.3 Å². The SMILES string of the molecule is Cc1csc(-c2c(F)cc(-c3cc(C)c(Br)s3)c3nsnc23)c1. The summed E-state index contributed by atoms with van der Waals surface area (Å²) in [6.45, 7) is 4.04. The Labute approximate surface area is 153 Å². The normalized spacial score (nSPS) is 11.5. The largest absolute Gasteiger partial charge is 0.206 e. The number of benzene rings is 1. The Morgan fingerprint density at radius 2 is 1.83 bits per heavy atom. The van der Waals surface area contributed by atoms with E-state index in [1.54, 1.807) is 17.4 Å². The fourth-order valence-corrected chi connectivity index (χ4v) is 5.55. The number of hydrogen-bond donors (Lipinski definition) is 0. The maximum absolute atomic E-state index is 14.9. The molecule has 0 amide bonds. The highest BCUT2D eigenvalue weighted by Crippen LogP contribution is 2.42. The van der Waals surface area contributed by atoms with Crippen molar-refractivity contribution in [2.24, 2.45) is 0 Å². The molecule has 3 aromatic heterocycles. The molecule has 0 aliphatic heterocycles. The van der Waals surface area contributed by atoms with E-state index in [-0.39, 0.29) is 5.82 Å². The molecule has 3 heterocycles. The van der Waals surface area contributed by atoms with Gasteiger partial charge in [0.2, 0.25) is 0 Å². The molecule has 0 N–H and O–H groups in total. The molecule has 0 unspecified atom stereocenters. The summed E-state index contributed by atoms with van der Waals surface area (Å²) in [6.07, 6.45) is 0. The minimum absolute atomic E-state index is 0.246. The van der Waals surface area contributed by atoms with Crippen molar-refractivity contribution in [2.75, 3.05) is 0 Å². The average molecular weight is 425 g/mol. The van der Waals surface area contributed by atoms with Crippen LogP contribution < -0.4 is 0 Å². The first-order valence-corrected chi connectivity index (χ1v) is 10.0. The number of aromatic nitrogens is 2. The first kappa shape index (κ1) is 15.4. The van der Waals surface area contributed by atoms with Crippen LogP contribution in [0.3, 0.4) is 0 Å². The number of aryl methyl sites for hydroxylation is 2. The maximum Gasteiger partial charge on any atom is 0.134 e.